The van der Waals surface area contributed by atoms with Crippen LogP contribution in [-0.2, 0) is 16.5 Å². The Morgan fingerprint density at radius 3 is 2.95 bits per heavy atom. The lowest BCUT2D eigenvalue weighted by atomic mass is 10.0. The summed E-state index contributed by atoms with van der Waals surface area (Å²) in [7, 11) is 3.44. The number of ether oxygens (including phenoxy) is 2. The largest absolute Gasteiger partial charge is 0.382 e. The van der Waals surface area contributed by atoms with Crippen molar-refractivity contribution in [3.05, 3.63) is 18.0 Å². The van der Waals surface area contributed by atoms with Gasteiger partial charge in [0.15, 0.2) is 0 Å². The Morgan fingerprint density at radius 1 is 1.63 bits per heavy atom. The molecule has 1 aromatic rings. The summed E-state index contributed by atoms with van der Waals surface area (Å²) in [4.78, 5) is 14.2. The van der Waals surface area contributed by atoms with E-state index in [1.54, 1.807) is 31.2 Å². The van der Waals surface area contributed by atoms with E-state index in [4.69, 9.17) is 9.47 Å². The SMILES string of the molecule is COC[C@H]1CN(C(=O)c2cnn(C)c2)CC(C)(C)O1. The molecule has 1 amide bonds. The predicted octanol–water partition coefficient (Wildman–Crippen LogP) is 0.686. The van der Waals surface area contributed by atoms with E-state index < -0.39 is 0 Å². The third-order valence-corrected chi connectivity index (χ3v) is 3.07. The van der Waals surface area contributed by atoms with Crippen molar-refractivity contribution in [1.82, 2.24) is 14.7 Å². The highest BCUT2D eigenvalue weighted by Gasteiger charge is 2.36. The molecule has 6 nitrogen and oxygen atoms in total. The number of morpholine rings is 1. The average Bonchev–Trinajstić information content (AvgIpc) is 2.73. The number of aromatic nitrogens is 2. The fraction of sp³-hybridized carbons (Fsp3) is 0.692. The van der Waals surface area contributed by atoms with E-state index >= 15 is 0 Å². The molecule has 0 N–H and O–H groups in total. The van der Waals surface area contributed by atoms with Gasteiger partial charge in [0, 0.05) is 33.4 Å². The van der Waals surface area contributed by atoms with Gasteiger partial charge < -0.3 is 14.4 Å². The number of aryl methyl sites for hydroxylation is 1. The minimum Gasteiger partial charge on any atom is -0.382 e. The van der Waals surface area contributed by atoms with Gasteiger partial charge in [0.25, 0.3) is 5.91 Å². The Morgan fingerprint density at radius 2 is 2.37 bits per heavy atom. The van der Waals surface area contributed by atoms with E-state index in [1.807, 2.05) is 18.7 Å². The molecule has 2 heterocycles. The van der Waals surface area contributed by atoms with E-state index in [9.17, 15) is 4.79 Å². The molecule has 0 radical (unpaired) electrons. The topological polar surface area (TPSA) is 56.6 Å². The van der Waals surface area contributed by atoms with E-state index in [0.717, 1.165) is 0 Å². The maximum absolute atomic E-state index is 12.4. The zero-order valence-corrected chi connectivity index (χ0v) is 11.9. The Balaban J connectivity index is 2.12. The molecule has 19 heavy (non-hydrogen) atoms. The van der Waals surface area contributed by atoms with Gasteiger partial charge in [-0.15, -0.1) is 0 Å². The van der Waals surface area contributed by atoms with Gasteiger partial charge in [0.05, 0.1) is 30.1 Å². The molecule has 0 spiro atoms. The molecule has 0 aliphatic carbocycles. The summed E-state index contributed by atoms with van der Waals surface area (Å²) in [5.41, 5.74) is 0.246. The lowest BCUT2D eigenvalue weighted by Gasteiger charge is -2.42. The van der Waals surface area contributed by atoms with Crippen molar-refractivity contribution < 1.29 is 14.3 Å². The molecule has 1 aliphatic rings. The fourth-order valence-electron chi connectivity index (χ4n) is 2.44. The number of amides is 1. The number of nitrogens with zero attached hydrogens (tertiary/aromatic N) is 3. The van der Waals surface area contributed by atoms with E-state index in [1.165, 1.54) is 0 Å². The van der Waals surface area contributed by atoms with Crippen molar-refractivity contribution in [2.75, 3.05) is 26.8 Å². The fourth-order valence-corrected chi connectivity index (χ4v) is 2.44. The molecule has 1 aromatic heterocycles. The molecule has 0 bridgehead atoms. The molecular formula is C13H21N3O3. The van der Waals surface area contributed by atoms with Crippen LogP contribution in [0.2, 0.25) is 0 Å². The Hall–Kier alpha value is -1.40. The van der Waals surface area contributed by atoms with Crippen LogP contribution < -0.4 is 0 Å². The highest BCUT2D eigenvalue weighted by Crippen LogP contribution is 2.22. The molecule has 106 valence electrons. The van der Waals surface area contributed by atoms with Crippen molar-refractivity contribution in [3.63, 3.8) is 0 Å². The first-order valence-corrected chi connectivity index (χ1v) is 6.36. The summed E-state index contributed by atoms with van der Waals surface area (Å²) < 4.78 is 12.7. The summed E-state index contributed by atoms with van der Waals surface area (Å²) in [5, 5.41) is 4.04. The number of hydrogen-bond donors (Lipinski definition) is 0. The van der Waals surface area contributed by atoms with Crippen LogP contribution in [0.5, 0.6) is 0 Å². The van der Waals surface area contributed by atoms with Gasteiger partial charge in [0.2, 0.25) is 0 Å². The number of carbonyl (C=O) groups is 1. The second-order valence-electron chi connectivity index (χ2n) is 5.54. The summed E-state index contributed by atoms with van der Waals surface area (Å²) in [5.74, 6) is -0.00872. The van der Waals surface area contributed by atoms with Crippen molar-refractivity contribution in [1.29, 1.82) is 0 Å². The van der Waals surface area contributed by atoms with Gasteiger partial charge in [-0.25, -0.2) is 0 Å². The van der Waals surface area contributed by atoms with Crippen LogP contribution in [0.3, 0.4) is 0 Å². The lowest BCUT2D eigenvalue weighted by molar-refractivity contribution is -0.143. The molecule has 1 aliphatic heterocycles. The van der Waals surface area contributed by atoms with E-state index in [0.29, 0.717) is 25.3 Å². The minimum atomic E-state index is -0.362. The van der Waals surface area contributed by atoms with Crippen molar-refractivity contribution >= 4 is 5.91 Å². The van der Waals surface area contributed by atoms with Crippen LogP contribution in [0.25, 0.3) is 0 Å². The van der Waals surface area contributed by atoms with Gasteiger partial charge in [-0.1, -0.05) is 0 Å². The molecule has 2 rings (SSSR count). The van der Waals surface area contributed by atoms with Crippen LogP contribution in [-0.4, -0.2) is 59.1 Å². The standard InChI is InChI=1S/C13H21N3O3/c1-13(2)9-16(7-11(19-13)8-18-4)12(17)10-5-14-15(3)6-10/h5-6,11H,7-9H2,1-4H3/t11-/m1/s1. The first-order valence-electron chi connectivity index (χ1n) is 6.36. The number of methoxy groups -OCH3 is 1. The van der Waals surface area contributed by atoms with Crippen LogP contribution in [0.15, 0.2) is 12.4 Å². The smallest absolute Gasteiger partial charge is 0.257 e. The normalized spacial score (nSPS) is 22.5. The number of rotatable bonds is 3. The second-order valence-corrected chi connectivity index (χ2v) is 5.54. The quantitative estimate of drug-likeness (QED) is 0.808. The Labute approximate surface area is 113 Å². The number of hydrogen-bond acceptors (Lipinski definition) is 4. The zero-order valence-electron chi connectivity index (χ0n) is 11.9. The zero-order chi connectivity index (χ0) is 14.0. The Kier molecular flexibility index (Phi) is 3.91. The molecule has 1 atom stereocenters. The number of carbonyl (C=O) groups excluding carboxylic acids is 1. The third kappa shape index (κ3) is 3.33. The first-order chi connectivity index (χ1) is 8.91. The van der Waals surface area contributed by atoms with Gasteiger partial charge >= 0.3 is 0 Å². The van der Waals surface area contributed by atoms with Crippen LogP contribution in [0.4, 0.5) is 0 Å². The van der Waals surface area contributed by atoms with Crippen LogP contribution in [0, 0.1) is 0 Å². The van der Waals surface area contributed by atoms with Gasteiger partial charge in [-0.2, -0.15) is 5.10 Å². The Bertz CT molecular complexity index is 456. The van der Waals surface area contributed by atoms with Crippen molar-refractivity contribution in [2.24, 2.45) is 7.05 Å². The van der Waals surface area contributed by atoms with Gasteiger partial charge in [0.1, 0.15) is 0 Å². The summed E-state index contributed by atoms with van der Waals surface area (Å²) in [6.45, 7) is 5.57. The van der Waals surface area contributed by atoms with Gasteiger partial charge in [-0.05, 0) is 13.8 Å². The monoisotopic (exact) mass is 267 g/mol. The predicted molar refractivity (Wildman–Crippen MR) is 69.9 cm³/mol. The molecule has 1 fully saturated rings. The molecular weight excluding hydrogens is 246 g/mol. The molecule has 6 heteroatoms. The molecule has 0 aromatic carbocycles. The first kappa shape index (κ1) is 14.0. The van der Waals surface area contributed by atoms with Crippen LogP contribution >= 0.6 is 0 Å². The highest BCUT2D eigenvalue weighted by molar-refractivity contribution is 5.93. The average molecular weight is 267 g/mol. The highest BCUT2D eigenvalue weighted by atomic mass is 16.5. The van der Waals surface area contributed by atoms with Crippen molar-refractivity contribution in [3.8, 4) is 0 Å². The van der Waals surface area contributed by atoms with E-state index in [-0.39, 0.29) is 17.6 Å². The van der Waals surface area contributed by atoms with Crippen LogP contribution in [0.1, 0.15) is 24.2 Å². The lowest BCUT2D eigenvalue weighted by Crippen LogP contribution is -2.55. The minimum absolute atomic E-state index is 0.00872. The van der Waals surface area contributed by atoms with Gasteiger partial charge in [-0.3, -0.25) is 9.48 Å². The summed E-state index contributed by atoms with van der Waals surface area (Å²) in [6.07, 6.45) is 3.24. The second kappa shape index (κ2) is 5.30. The van der Waals surface area contributed by atoms with E-state index in [2.05, 4.69) is 5.10 Å². The maximum atomic E-state index is 12.4. The molecule has 0 saturated carbocycles. The summed E-state index contributed by atoms with van der Waals surface area (Å²) in [6, 6.07) is 0. The summed E-state index contributed by atoms with van der Waals surface area (Å²) >= 11 is 0. The van der Waals surface area contributed by atoms with Crippen molar-refractivity contribution in [2.45, 2.75) is 25.6 Å². The maximum Gasteiger partial charge on any atom is 0.257 e. The molecule has 1 saturated heterocycles. The third-order valence-electron chi connectivity index (χ3n) is 3.07. The molecule has 0 unspecified atom stereocenters.